The van der Waals surface area contributed by atoms with Crippen molar-refractivity contribution in [1.29, 1.82) is 0 Å². The standard InChI is InChI=1S/C35H41N3O6/c1-4-23(3)27(22-39)38-31-34(42)36(21-24-11-7-6-8-12-24)19-10-18-35(31)30(33(38)41)29-28(44-35)13-9-20-37(32(29)40)25-14-16-26(17-15-25)43-5-2/h6-18,23,27-31,39H,4-5,19-22H2,1-3H3/t23-,27-,28-,29+,30-,31?,35-/m0/s1. The summed E-state index contributed by atoms with van der Waals surface area (Å²) in [6.45, 7) is 7.18. The van der Waals surface area contributed by atoms with Crippen LogP contribution in [0.1, 0.15) is 32.8 Å². The smallest absolute Gasteiger partial charge is 0.249 e. The number of rotatable bonds is 9. The van der Waals surface area contributed by atoms with Crippen molar-refractivity contribution >= 4 is 23.4 Å². The van der Waals surface area contributed by atoms with E-state index in [9.17, 15) is 19.5 Å². The molecule has 4 aliphatic heterocycles. The molecule has 4 heterocycles. The van der Waals surface area contributed by atoms with Crippen molar-refractivity contribution in [2.24, 2.45) is 17.8 Å². The lowest BCUT2D eigenvalue weighted by atomic mass is 9.77. The molecule has 6 rings (SSSR count). The summed E-state index contributed by atoms with van der Waals surface area (Å²) in [6.07, 6.45) is 7.53. The number of nitrogens with zero attached hydrogens (tertiary/aromatic N) is 3. The van der Waals surface area contributed by atoms with Crippen LogP contribution in [0.2, 0.25) is 0 Å². The molecular weight excluding hydrogens is 558 g/mol. The minimum atomic E-state index is -1.35. The predicted molar refractivity (Wildman–Crippen MR) is 166 cm³/mol. The number of anilines is 1. The van der Waals surface area contributed by atoms with Crippen molar-refractivity contribution in [1.82, 2.24) is 9.80 Å². The number of fused-ring (bicyclic) bond motifs is 2. The monoisotopic (exact) mass is 599 g/mol. The molecule has 44 heavy (non-hydrogen) atoms. The zero-order chi connectivity index (χ0) is 31.0. The van der Waals surface area contributed by atoms with E-state index in [1.54, 1.807) is 14.7 Å². The number of benzene rings is 2. The third-order valence-electron chi connectivity index (χ3n) is 9.70. The van der Waals surface area contributed by atoms with E-state index < -0.39 is 35.6 Å². The molecular formula is C35H41N3O6. The van der Waals surface area contributed by atoms with Crippen LogP contribution in [0.5, 0.6) is 5.75 Å². The summed E-state index contributed by atoms with van der Waals surface area (Å²) < 4.78 is 12.4. The van der Waals surface area contributed by atoms with E-state index in [0.717, 1.165) is 5.56 Å². The molecule has 1 spiro atoms. The van der Waals surface area contributed by atoms with Gasteiger partial charge < -0.3 is 29.3 Å². The van der Waals surface area contributed by atoms with Crippen LogP contribution in [0.15, 0.2) is 78.9 Å². The largest absolute Gasteiger partial charge is 0.494 e. The maximum absolute atomic E-state index is 14.7. The SMILES string of the molecule is CCOc1ccc(N2CC=C[C@@H]3O[C@]45C=CCN(Cc6ccccc6)C(=O)C4N([C@@H](CO)[C@@H](C)CC)C(=O)[C@@H]5[C@@H]3C2=O)cc1. The fourth-order valence-electron chi connectivity index (χ4n) is 7.36. The van der Waals surface area contributed by atoms with Gasteiger partial charge in [-0.05, 0) is 42.7 Å². The highest BCUT2D eigenvalue weighted by Gasteiger charge is 2.72. The minimum Gasteiger partial charge on any atom is -0.494 e. The number of aliphatic hydroxyl groups is 1. The van der Waals surface area contributed by atoms with Gasteiger partial charge in [0, 0.05) is 25.3 Å². The van der Waals surface area contributed by atoms with Crippen LogP contribution < -0.4 is 9.64 Å². The Morgan fingerprint density at radius 3 is 2.41 bits per heavy atom. The van der Waals surface area contributed by atoms with E-state index in [4.69, 9.17) is 9.47 Å². The normalized spacial score (nSPS) is 29.2. The van der Waals surface area contributed by atoms with Gasteiger partial charge in [-0.15, -0.1) is 0 Å². The molecule has 0 aliphatic carbocycles. The highest BCUT2D eigenvalue weighted by atomic mass is 16.5. The lowest BCUT2D eigenvalue weighted by molar-refractivity contribution is -0.152. The van der Waals surface area contributed by atoms with E-state index in [0.29, 0.717) is 44.1 Å². The predicted octanol–water partition coefficient (Wildman–Crippen LogP) is 3.57. The molecule has 7 atom stereocenters. The molecule has 2 aromatic rings. The zero-order valence-electron chi connectivity index (χ0n) is 25.5. The van der Waals surface area contributed by atoms with E-state index >= 15 is 0 Å². The van der Waals surface area contributed by atoms with Gasteiger partial charge in [0.15, 0.2) is 0 Å². The molecule has 2 aromatic carbocycles. The highest BCUT2D eigenvalue weighted by molar-refractivity contribution is 6.04. The molecule has 3 amide bonds. The van der Waals surface area contributed by atoms with Crippen molar-refractivity contribution in [2.45, 2.75) is 57.5 Å². The van der Waals surface area contributed by atoms with E-state index in [-0.39, 0.29) is 30.2 Å². The Bertz CT molecular complexity index is 1440. The van der Waals surface area contributed by atoms with Crippen molar-refractivity contribution in [3.05, 3.63) is 84.5 Å². The van der Waals surface area contributed by atoms with Crippen LogP contribution in [0, 0.1) is 17.8 Å². The minimum absolute atomic E-state index is 0.0803. The maximum atomic E-state index is 14.7. The third kappa shape index (κ3) is 4.92. The highest BCUT2D eigenvalue weighted by Crippen LogP contribution is 2.54. The lowest BCUT2D eigenvalue weighted by Crippen LogP contribution is -2.59. The molecule has 9 heteroatoms. The molecule has 9 nitrogen and oxygen atoms in total. The first-order valence-corrected chi connectivity index (χ1v) is 15.7. The Morgan fingerprint density at radius 2 is 1.73 bits per heavy atom. The quantitative estimate of drug-likeness (QED) is 0.443. The van der Waals surface area contributed by atoms with Gasteiger partial charge in [0.2, 0.25) is 17.7 Å². The second kappa shape index (κ2) is 12.2. The topological polar surface area (TPSA) is 99.6 Å². The van der Waals surface area contributed by atoms with E-state index in [1.165, 1.54) is 0 Å². The van der Waals surface area contributed by atoms with Crippen molar-refractivity contribution in [2.75, 3.05) is 31.2 Å². The summed E-state index contributed by atoms with van der Waals surface area (Å²) in [7, 11) is 0. The fraction of sp³-hybridized carbons (Fsp3) is 0.457. The summed E-state index contributed by atoms with van der Waals surface area (Å²) in [4.78, 5) is 48.7. The molecule has 0 radical (unpaired) electrons. The first-order valence-electron chi connectivity index (χ1n) is 15.7. The average molecular weight is 600 g/mol. The lowest BCUT2D eigenvalue weighted by Gasteiger charge is -2.40. The van der Waals surface area contributed by atoms with Gasteiger partial charge in [0.25, 0.3) is 0 Å². The van der Waals surface area contributed by atoms with Gasteiger partial charge >= 0.3 is 0 Å². The van der Waals surface area contributed by atoms with Crippen LogP contribution >= 0.6 is 0 Å². The van der Waals surface area contributed by atoms with Crippen LogP contribution in [0.3, 0.4) is 0 Å². The second-order valence-corrected chi connectivity index (χ2v) is 12.1. The number of amides is 3. The van der Waals surface area contributed by atoms with Gasteiger partial charge in [-0.2, -0.15) is 0 Å². The number of likely N-dealkylation sites (tertiary alicyclic amines) is 1. The first kappa shape index (κ1) is 30.1. The number of carbonyl (C=O) groups excluding carboxylic acids is 3. The number of hydrogen-bond acceptors (Lipinski definition) is 6. The van der Waals surface area contributed by atoms with Crippen molar-refractivity contribution in [3.8, 4) is 5.75 Å². The number of ether oxygens (including phenoxy) is 2. The molecule has 1 unspecified atom stereocenters. The Morgan fingerprint density at radius 1 is 0.977 bits per heavy atom. The van der Waals surface area contributed by atoms with Gasteiger partial charge in [0.05, 0.1) is 37.2 Å². The molecule has 0 aromatic heterocycles. The van der Waals surface area contributed by atoms with E-state index in [1.807, 2.05) is 99.7 Å². The summed E-state index contributed by atoms with van der Waals surface area (Å²) in [5.74, 6) is -1.92. The Hall–Kier alpha value is -3.95. The van der Waals surface area contributed by atoms with Crippen LogP contribution in [0.25, 0.3) is 0 Å². The summed E-state index contributed by atoms with van der Waals surface area (Å²) >= 11 is 0. The molecule has 0 saturated carbocycles. The van der Waals surface area contributed by atoms with E-state index in [2.05, 4.69) is 0 Å². The molecule has 2 fully saturated rings. The fourth-order valence-corrected chi connectivity index (χ4v) is 7.36. The summed E-state index contributed by atoms with van der Waals surface area (Å²) in [5.41, 5.74) is 0.315. The van der Waals surface area contributed by atoms with Crippen LogP contribution in [0.4, 0.5) is 5.69 Å². The van der Waals surface area contributed by atoms with Gasteiger partial charge in [0.1, 0.15) is 17.4 Å². The summed E-state index contributed by atoms with van der Waals surface area (Å²) in [6, 6.07) is 15.5. The van der Waals surface area contributed by atoms with Crippen molar-refractivity contribution < 1.29 is 29.0 Å². The zero-order valence-corrected chi connectivity index (χ0v) is 25.5. The van der Waals surface area contributed by atoms with Gasteiger partial charge in [-0.1, -0.05) is 74.9 Å². The van der Waals surface area contributed by atoms with Crippen LogP contribution in [-0.4, -0.2) is 82.7 Å². The van der Waals surface area contributed by atoms with Crippen molar-refractivity contribution in [3.63, 3.8) is 0 Å². The Labute approximate surface area is 258 Å². The van der Waals surface area contributed by atoms with Crippen LogP contribution in [-0.2, 0) is 25.7 Å². The average Bonchev–Trinajstić information content (AvgIpc) is 3.36. The number of hydrogen-bond donors (Lipinski definition) is 1. The summed E-state index contributed by atoms with van der Waals surface area (Å²) in [5, 5.41) is 10.6. The molecule has 2 saturated heterocycles. The van der Waals surface area contributed by atoms with Gasteiger partial charge in [-0.3, -0.25) is 14.4 Å². The molecule has 0 bridgehead atoms. The second-order valence-electron chi connectivity index (χ2n) is 12.1. The Balaban J connectivity index is 1.41. The molecule has 232 valence electrons. The van der Waals surface area contributed by atoms with Gasteiger partial charge in [-0.25, -0.2) is 0 Å². The maximum Gasteiger partial charge on any atom is 0.249 e. The number of aliphatic hydroxyl groups excluding tert-OH is 1. The Kier molecular flexibility index (Phi) is 8.35. The number of carbonyl (C=O) groups is 3. The first-order chi connectivity index (χ1) is 21.3. The third-order valence-corrected chi connectivity index (χ3v) is 9.70. The molecule has 1 N–H and O–H groups in total. The molecule has 4 aliphatic rings.